The summed E-state index contributed by atoms with van der Waals surface area (Å²) in [7, 11) is -5.36. The van der Waals surface area contributed by atoms with Crippen LogP contribution in [-0.4, -0.2) is 45.4 Å². The van der Waals surface area contributed by atoms with Crippen LogP contribution in [0.25, 0.3) is 0 Å². The van der Waals surface area contributed by atoms with Crippen molar-refractivity contribution < 1.29 is 21.6 Å². The normalized spacial score (nSPS) is 12.5. The van der Waals surface area contributed by atoms with E-state index in [1.165, 1.54) is 21.8 Å². The maximum Gasteiger partial charge on any atom is 0.511 e. The standard InChI is InChI=1S/C11H14F3N7O2S/c1-7-16-4-8(10(15)18-7)5-21-6-9(19-20-21)2-3-17-24(22,23)11(12,13)14/h4,6,17H,2-3,5H2,1H3,(H2,15,16,18). The van der Waals surface area contributed by atoms with Crippen LogP contribution in [0.5, 0.6) is 0 Å². The summed E-state index contributed by atoms with van der Waals surface area (Å²) in [6, 6.07) is 0. The molecular formula is C11H14F3N7O2S. The quantitative estimate of drug-likeness (QED) is 0.736. The summed E-state index contributed by atoms with van der Waals surface area (Å²) >= 11 is 0. The zero-order valence-corrected chi connectivity index (χ0v) is 13.3. The van der Waals surface area contributed by atoms with Gasteiger partial charge in [0.1, 0.15) is 11.6 Å². The van der Waals surface area contributed by atoms with Gasteiger partial charge >= 0.3 is 15.5 Å². The first kappa shape index (κ1) is 18.1. The molecule has 0 fully saturated rings. The van der Waals surface area contributed by atoms with Gasteiger partial charge in [0.2, 0.25) is 0 Å². The highest BCUT2D eigenvalue weighted by Crippen LogP contribution is 2.21. The molecular weight excluding hydrogens is 351 g/mol. The van der Waals surface area contributed by atoms with Gasteiger partial charge in [0.15, 0.2) is 0 Å². The van der Waals surface area contributed by atoms with Gasteiger partial charge in [-0.2, -0.15) is 13.2 Å². The molecule has 0 bridgehead atoms. The number of nitrogens with two attached hydrogens (primary N) is 1. The van der Waals surface area contributed by atoms with Gasteiger partial charge in [-0.05, 0) is 6.92 Å². The van der Waals surface area contributed by atoms with Crippen molar-refractivity contribution in [2.45, 2.75) is 25.4 Å². The fourth-order valence-electron chi connectivity index (χ4n) is 1.73. The molecule has 13 heteroatoms. The molecule has 0 radical (unpaired) electrons. The molecule has 2 heterocycles. The summed E-state index contributed by atoms with van der Waals surface area (Å²) in [6.07, 6.45) is 2.97. The van der Waals surface area contributed by atoms with E-state index in [0.717, 1.165) is 0 Å². The summed E-state index contributed by atoms with van der Waals surface area (Å²) in [6.45, 7) is 1.47. The zero-order valence-electron chi connectivity index (χ0n) is 12.4. The number of hydrogen-bond donors (Lipinski definition) is 2. The second kappa shape index (κ2) is 6.68. The van der Waals surface area contributed by atoms with E-state index in [-0.39, 0.29) is 18.8 Å². The van der Waals surface area contributed by atoms with E-state index in [0.29, 0.717) is 17.1 Å². The largest absolute Gasteiger partial charge is 0.511 e. The lowest BCUT2D eigenvalue weighted by atomic mass is 10.3. The molecule has 0 aliphatic carbocycles. The zero-order chi connectivity index (χ0) is 18.0. The maximum atomic E-state index is 12.2. The summed E-state index contributed by atoms with van der Waals surface area (Å²) in [5.41, 5.74) is 1.34. The minimum Gasteiger partial charge on any atom is -0.383 e. The molecule has 3 N–H and O–H groups in total. The van der Waals surface area contributed by atoms with Crippen molar-refractivity contribution >= 4 is 15.8 Å². The average Bonchev–Trinajstić information content (AvgIpc) is 2.88. The Kier molecular flexibility index (Phi) is 5.03. The number of alkyl halides is 3. The highest BCUT2D eigenvalue weighted by atomic mass is 32.2. The monoisotopic (exact) mass is 365 g/mol. The Bertz CT molecular complexity index is 819. The lowest BCUT2D eigenvalue weighted by Crippen LogP contribution is -2.37. The lowest BCUT2D eigenvalue weighted by molar-refractivity contribution is -0.0447. The molecule has 0 spiro atoms. The molecule has 0 atom stereocenters. The van der Waals surface area contributed by atoms with Gasteiger partial charge in [-0.3, -0.25) is 0 Å². The summed E-state index contributed by atoms with van der Waals surface area (Å²) in [5, 5.41) is 7.55. The molecule has 9 nitrogen and oxygen atoms in total. The van der Waals surface area contributed by atoms with Gasteiger partial charge in [-0.25, -0.2) is 27.8 Å². The highest BCUT2D eigenvalue weighted by molar-refractivity contribution is 7.90. The first-order valence-corrected chi connectivity index (χ1v) is 8.10. The predicted molar refractivity (Wildman–Crippen MR) is 77.0 cm³/mol. The third-order valence-electron chi connectivity index (χ3n) is 2.91. The molecule has 0 aliphatic heterocycles. The third kappa shape index (κ3) is 4.38. The molecule has 24 heavy (non-hydrogen) atoms. The van der Waals surface area contributed by atoms with Crippen LogP contribution in [0, 0.1) is 6.92 Å². The van der Waals surface area contributed by atoms with Crippen LogP contribution in [-0.2, 0) is 23.0 Å². The number of sulfonamides is 1. The number of aryl methyl sites for hydroxylation is 1. The minimum atomic E-state index is -5.36. The molecule has 2 aromatic heterocycles. The Balaban J connectivity index is 1.94. The lowest BCUT2D eigenvalue weighted by Gasteiger charge is -2.08. The Hall–Kier alpha value is -2.28. The highest BCUT2D eigenvalue weighted by Gasteiger charge is 2.45. The molecule has 0 aliphatic rings. The number of rotatable bonds is 6. The number of hydrogen-bond acceptors (Lipinski definition) is 7. The van der Waals surface area contributed by atoms with Crippen LogP contribution in [0.4, 0.5) is 19.0 Å². The van der Waals surface area contributed by atoms with Gasteiger partial charge in [-0.15, -0.1) is 5.10 Å². The number of nitrogens with zero attached hydrogens (tertiary/aromatic N) is 5. The second-order valence-corrected chi connectivity index (χ2v) is 6.59. The Morgan fingerprint density at radius 1 is 1.38 bits per heavy atom. The first-order chi connectivity index (χ1) is 11.1. The van der Waals surface area contributed by atoms with Crippen molar-refractivity contribution in [2.75, 3.05) is 12.3 Å². The minimum absolute atomic E-state index is 0.0464. The molecule has 132 valence electrons. The van der Waals surface area contributed by atoms with Gasteiger partial charge in [0.05, 0.1) is 12.2 Å². The number of nitrogen functional groups attached to an aromatic ring is 1. The number of aromatic nitrogens is 5. The Morgan fingerprint density at radius 2 is 2.08 bits per heavy atom. The van der Waals surface area contributed by atoms with E-state index >= 15 is 0 Å². The molecule has 0 amide bonds. The molecule has 2 rings (SSSR count). The summed E-state index contributed by atoms with van der Waals surface area (Å²) < 4.78 is 61.0. The molecule has 0 unspecified atom stereocenters. The van der Waals surface area contributed by atoms with E-state index in [2.05, 4.69) is 20.3 Å². The van der Waals surface area contributed by atoms with Gasteiger partial charge < -0.3 is 5.73 Å². The average molecular weight is 365 g/mol. The van der Waals surface area contributed by atoms with E-state index in [9.17, 15) is 21.6 Å². The summed E-state index contributed by atoms with van der Waals surface area (Å²) in [4.78, 5) is 8.00. The van der Waals surface area contributed by atoms with Crippen LogP contribution in [0.2, 0.25) is 0 Å². The van der Waals surface area contributed by atoms with Crippen molar-refractivity contribution in [3.05, 3.63) is 29.5 Å². The van der Waals surface area contributed by atoms with Crippen molar-refractivity contribution in [3.63, 3.8) is 0 Å². The van der Waals surface area contributed by atoms with Crippen molar-refractivity contribution in [3.8, 4) is 0 Å². The smallest absolute Gasteiger partial charge is 0.383 e. The molecule has 0 saturated heterocycles. The van der Waals surface area contributed by atoms with Crippen molar-refractivity contribution in [1.82, 2.24) is 29.7 Å². The van der Waals surface area contributed by atoms with Gasteiger partial charge in [0, 0.05) is 30.9 Å². The first-order valence-electron chi connectivity index (χ1n) is 6.61. The van der Waals surface area contributed by atoms with Gasteiger partial charge in [-0.1, -0.05) is 5.21 Å². The molecule has 2 aromatic rings. The van der Waals surface area contributed by atoms with Crippen LogP contribution in [0.15, 0.2) is 12.4 Å². The number of anilines is 1. The fraction of sp³-hybridized carbons (Fsp3) is 0.455. The third-order valence-corrected chi connectivity index (χ3v) is 4.11. The Labute approximate surface area is 135 Å². The van der Waals surface area contributed by atoms with E-state index in [4.69, 9.17) is 5.73 Å². The van der Waals surface area contributed by atoms with Crippen LogP contribution < -0.4 is 10.5 Å². The maximum absolute atomic E-state index is 12.2. The van der Waals surface area contributed by atoms with Crippen molar-refractivity contribution in [1.29, 1.82) is 0 Å². The number of halogens is 3. The van der Waals surface area contributed by atoms with Crippen molar-refractivity contribution in [2.24, 2.45) is 0 Å². The van der Waals surface area contributed by atoms with Gasteiger partial charge in [0.25, 0.3) is 0 Å². The second-order valence-electron chi connectivity index (χ2n) is 4.83. The van der Waals surface area contributed by atoms with Crippen LogP contribution in [0.3, 0.4) is 0 Å². The van der Waals surface area contributed by atoms with E-state index in [1.807, 2.05) is 0 Å². The SMILES string of the molecule is Cc1ncc(Cn2cc(CCNS(=O)(=O)C(F)(F)F)nn2)c(N)n1. The van der Waals surface area contributed by atoms with Crippen LogP contribution in [0.1, 0.15) is 17.1 Å². The van der Waals surface area contributed by atoms with Crippen LogP contribution >= 0.6 is 0 Å². The van der Waals surface area contributed by atoms with E-state index < -0.39 is 22.1 Å². The molecule has 0 aromatic carbocycles. The summed E-state index contributed by atoms with van der Waals surface area (Å²) in [5.74, 6) is 0.810. The number of nitrogens with one attached hydrogen (secondary N) is 1. The Morgan fingerprint density at radius 3 is 2.71 bits per heavy atom. The predicted octanol–water partition coefficient (Wildman–Crippen LogP) is -0.0113. The van der Waals surface area contributed by atoms with E-state index in [1.54, 1.807) is 6.92 Å². The topological polar surface area (TPSA) is 129 Å². The molecule has 0 saturated carbocycles. The fourth-order valence-corrected chi connectivity index (χ4v) is 2.27.